The Labute approximate surface area is 131 Å². The standard InChI is InChI=1S/C16H24ClNO3/c1-12(16-3-2-8-21-16)18-9-15(19)11-20-10-13-4-6-14(17)7-5-13/h4-7,12,15-16,18-19H,2-3,8-11H2,1H3. The highest BCUT2D eigenvalue weighted by atomic mass is 35.5. The highest BCUT2D eigenvalue weighted by Gasteiger charge is 2.22. The molecular formula is C16H24ClNO3. The van der Waals surface area contributed by atoms with Gasteiger partial charge in [0.25, 0.3) is 0 Å². The summed E-state index contributed by atoms with van der Waals surface area (Å²) in [6.45, 7) is 4.26. The number of aliphatic hydroxyl groups excluding tert-OH is 1. The summed E-state index contributed by atoms with van der Waals surface area (Å²) in [4.78, 5) is 0. The van der Waals surface area contributed by atoms with E-state index in [2.05, 4.69) is 12.2 Å². The highest BCUT2D eigenvalue weighted by Crippen LogP contribution is 2.15. The number of nitrogens with one attached hydrogen (secondary N) is 1. The Morgan fingerprint density at radius 1 is 1.43 bits per heavy atom. The van der Waals surface area contributed by atoms with Crippen LogP contribution in [0, 0.1) is 0 Å². The minimum absolute atomic E-state index is 0.262. The predicted octanol–water partition coefficient (Wildman–Crippen LogP) is 2.37. The first-order valence-electron chi connectivity index (χ1n) is 7.50. The molecule has 5 heteroatoms. The molecule has 1 saturated heterocycles. The van der Waals surface area contributed by atoms with Crippen LogP contribution in [0.5, 0.6) is 0 Å². The van der Waals surface area contributed by atoms with Crippen LogP contribution in [0.1, 0.15) is 25.3 Å². The Morgan fingerprint density at radius 3 is 2.86 bits per heavy atom. The van der Waals surface area contributed by atoms with Crippen LogP contribution >= 0.6 is 11.6 Å². The van der Waals surface area contributed by atoms with Crippen LogP contribution in [0.3, 0.4) is 0 Å². The minimum Gasteiger partial charge on any atom is -0.389 e. The number of halogens is 1. The molecule has 2 N–H and O–H groups in total. The van der Waals surface area contributed by atoms with Crippen molar-refractivity contribution in [1.29, 1.82) is 0 Å². The van der Waals surface area contributed by atoms with Gasteiger partial charge in [-0.25, -0.2) is 0 Å². The van der Waals surface area contributed by atoms with E-state index in [0.29, 0.717) is 24.8 Å². The van der Waals surface area contributed by atoms with E-state index in [1.807, 2.05) is 24.3 Å². The fourth-order valence-electron chi connectivity index (χ4n) is 2.40. The molecule has 1 fully saturated rings. The quantitative estimate of drug-likeness (QED) is 0.773. The summed E-state index contributed by atoms with van der Waals surface area (Å²) in [5.41, 5.74) is 1.05. The maximum Gasteiger partial charge on any atom is 0.0897 e. The normalized spacial score (nSPS) is 21.4. The number of hydrogen-bond acceptors (Lipinski definition) is 4. The van der Waals surface area contributed by atoms with Crippen molar-refractivity contribution in [3.05, 3.63) is 34.9 Å². The topological polar surface area (TPSA) is 50.7 Å². The molecule has 0 bridgehead atoms. The molecule has 1 aromatic carbocycles. The third-order valence-corrected chi connectivity index (χ3v) is 3.94. The van der Waals surface area contributed by atoms with E-state index in [-0.39, 0.29) is 12.1 Å². The van der Waals surface area contributed by atoms with Crippen LogP contribution in [0.25, 0.3) is 0 Å². The van der Waals surface area contributed by atoms with E-state index in [1.54, 1.807) is 0 Å². The van der Waals surface area contributed by atoms with Gasteiger partial charge >= 0.3 is 0 Å². The smallest absolute Gasteiger partial charge is 0.0897 e. The van der Waals surface area contributed by atoms with Gasteiger partial charge in [-0.2, -0.15) is 0 Å². The summed E-state index contributed by atoms with van der Waals surface area (Å²) in [6, 6.07) is 7.78. The maximum absolute atomic E-state index is 9.91. The maximum atomic E-state index is 9.91. The minimum atomic E-state index is -0.513. The van der Waals surface area contributed by atoms with Crippen molar-refractivity contribution in [3.8, 4) is 0 Å². The van der Waals surface area contributed by atoms with Crippen LogP contribution in [0.2, 0.25) is 5.02 Å². The zero-order valence-electron chi connectivity index (χ0n) is 12.4. The van der Waals surface area contributed by atoms with Crippen molar-refractivity contribution in [1.82, 2.24) is 5.32 Å². The molecule has 3 atom stereocenters. The zero-order chi connectivity index (χ0) is 15.1. The predicted molar refractivity (Wildman–Crippen MR) is 83.6 cm³/mol. The summed E-state index contributed by atoms with van der Waals surface area (Å²) in [5, 5.41) is 13.9. The van der Waals surface area contributed by atoms with Gasteiger partial charge in [0.1, 0.15) is 0 Å². The van der Waals surface area contributed by atoms with Crippen LogP contribution in [0.15, 0.2) is 24.3 Å². The highest BCUT2D eigenvalue weighted by molar-refractivity contribution is 6.30. The molecule has 0 spiro atoms. The fourth-order valence-corrected chi connectivity index (χ4v) is 2.53. The first kappa shape index (κ1) is 16.7. The molecule has 1 aliphatic heterocycles. The van der Waals surface area contributed by atoms with Gasteiger partial charge < -0.3 is 19.9 Å². The van der Waals surface area contributed by atoms with Crippen LogP contribution < -0.4 is 5.32 Å². The van der Waals surface area contributed by atoms with E-state index in [1.165, 1.54) is 0 Å². The number of benzene rings is 1. The van der Waals surface area contributed by atoms with Crippen molar-refractivity contribution in [2.45, 2.75) is 44.6 Å². The molecule has 0 saturated carbocycles. The summed E-state index contributed by atoms with van der Waals surface area (Å²) < 4.78 is 11.1. The molecule has 4 nitrogen and oxygen atoms in total. The monoisotopic (exact) mass is 313 g/mol. The average Bonchev–Trinajstić information content (AvgIpc) is 3.01. The van der Waals surface area contributed by atoms with Gasteiger partial charge in [0.2, 0.25) is 0 Å². The Balaban J connectivity index is 1.58. The van der Waals surface area contributed by atoms with Crippen molar-refractivity contribution < 1.29 is 14.6 Å². The molecule has 1 aliphatic rings. The lowest BCUT2D eigenvalue weighted by Crippen LogP contribution is -2.42. The molecule has 2 rings (SSSR count). The fraction of sp³-hybridized carbons (Fsp3) is 0.625. The Bertz CT molecular complexity index is 406. The Kier molecular flexibility index (Phi) is 6.93. The third kappa shape index (κ3) is 5.93. The molecule has 0 radical (unpaired) electrons. The summed E-state index contributed by atoms with van der Waals surface area (Å²) in [7, 11) is 0. The van der Waals surface area contributed by atoms with Gasteiger partial charge in [0.15, 0.2) is 0 Å². The van der Waals surface area contributed by atoms with E-state index < -0.39 is 6.10 Å². The van der Waals surface area contributed by atoms with Gasteiger partial charge in [0, 0.05) is 24.2 Å². The first-order chi connectivity index (χ1) is 10.1. The van der Waals surface area contributed by atoms with Gasteiger partial charge in [0.05, 0.1) is 25.4 Å². The molecule has 21 heavy (non-hydrogen) atoms. The second-order valence-corrected chi connectivity index (χ2v) is 5.98. The number of aliphatic hydroxyl groups is 1. The summed E-state index contributed by atoms with van der Waals surface area (Å²) in [6.07, 6.45) is 1.98. The lowest BCUT2D eigenvalue weighted by Gasteiger charge is -2.21. The van der Waals surface area contributed by atoms with Crippen LogP contribution in [-0.4, -0.2) is 43.1 Å². The molecule has 0 aromatic heterocycles. The van der Waals surface area contributed by atoms with E-state index >= 15 is 0 Å². The van der Waals surface area contributed by atoms with Gasteiger partial charge in [-0.05, 0) is 37.5 Å². The van der Waals surface area contributed by atoms with Crippen molar-refractivity contribution in [2.75, 3.05) is 19.8 Å². The number of hydrogen-bond donors (Lipinski definition) is 2. The van der Waals surface area contributed by atoms with Gasteiger partial charge in [-0.1, -0.05) is 23.7 Å². The number of rotatable bonds is 8. The largest absolute Gasteiger partial charge is 0.389 e. The molecule has 1 heterocycles. The molecule has 0 aliphatic carbocycles. The SMILES string of the molecule is CC(NCC(O)COCc1ccc(Cl)cc1)C1CCCO1. The zero-order valence-corrected chi connectivity index (χ0v) is 13.2. The lowest BCUT2D eigenvalue weighted by atomic mass is 10.1. The Morgan fingerprint density at radius 2 is 2.19 bits per heavy atom. The number of ether oxygens (including phenoxy) is 2. The van der Waals surface area contributed by atoms with Crippen molar-refractivity contribution in [2.24, 2.45) is 0 Å². The van der Waals surface area contributed by atoms with E-state index in [0.717, 1.165) is 25.0 Å². The molecule has 3 unspecified atom stereocenters. The van der Waals surface area contributed by atoms with Gasteiger partial charge in [-0.15, -0.1) is 0 Å². The van der Waals surface area contributed by atoms with Crippen molar-refractivity contribution >= 4 is 11.6 Å². The third-order valence-electron chi connectivity index (χ3n) is 3.69. The molecule has 0 amide bonds. The van der Waals surface area contributed by atoms with Crippen LogP contribution in [0.4, 0.5) is 0 Å². The summed E-state index contributed by atoms with van der Waals surface area (Å²) in [5.74, 6) is 0. The first-order valence-corrected chi connectivity index (χ1v) is 7.88. The van der Waals surface area contributed by atoms with E-state index in [4.69, 9.17) is 21.1 Å². The lowest BCUT2D eigenvalue weighted by molar-refractivity contribution is 0.0224. The van der Waals surface area contributed by atoms with Gasteiger partial charge in [-0.3, -0.25) is 0 Å². The summed E-state index contributed by atoms with van der Waals surface area (Å²) >= 11 is 5.82. The molecular weight excluding hydrogens is 290 g/mol. The van der Waals surface area contributed by atoms with E-state index in [9.17, 15) is 5.11 Å². The van der Waals surface area contributed by atoms with Crippen molar-refractivity contribution in [3.63, 3.8) is 0 Å². The second-order valence-electron chi connectivity index (χ2n) is 5.54. The second kappa shape index (κ2) is 8.71. The molecule has 1 aromatic rings. The van der Waals surface area contributed by atoms with Crippen LogP contribution in [-0.2, 0) is 16.1 Å². The average molecular weight is 314 g/mol. The Hall–Kier alpha value is -0.650. The molecule has 118 valence electrons.